The van der Waals surface area contributed by atoms with Gasteiger partial charge >= 0.3 is 0 Å². The van der Waals surface area contributed by atoms with E-state index in [1.807, 2.05) is 19.1 Å². The Morgan fingerprint density at radius 3 is 2.56 bits per heavy atom. The summed E-state index contributed by atoms with van der Waals surface area (Å²) in [5, 5.41) is 9.59. The van der Waals surface area contributed by atoms with Crippen LogP contribution in [0.4, 0.5) is 5.69 Å². The van der Waals surface area contributed by atoms with E-state index in [-0.39, 0.29) is 30.9 Å². The third kappa shape index (κ3) is 5.14. The molecule has 5 atom stereocenters. The zero-order valence-corrected chi connectivity index (χ0v) is 23.7. The summed E-state index contributed by atoms with van der Waals surface area (Å²) in [5.74, 6) is -1.98. The average molecular weight is 558 g/mol. The first-order chi connectivity index (χ1) is 18.7. The van der Waals surface area contributed by atoms with Crippen LogP contribution in [-0.2, 0) is 19.1 Å². The Kier molecular flexibility index (Phi) is 9.19. The van der Waals surface area contributed by atoms with Gasteiger partial charge < -0.3 is 24.5 Å². The van der Waals surface area contributed by atoms with Crippen molar-refractivity contribution >= 4 is 35.0 Å². The van der Waals surface area contributed by atoms with Crippen LogP contribution in [0.5, 0.6) is 0 Å². The highest BCUT2D eigenvalue weighted by Gasteiger charge is 2.74. The number of aliphatic hydroxyl groups is 1. The van der Waals surface area contributed by atoms with Gasteiger partial charge in [-0.25, -0.2) is 0 Å². The molecule has 2 unspecified atom stereocenters. The fourth-order valence-electron chi connectivity index (χ4n) is 6.77. The van der Waals surface area contributed by atoms with Crippen molar-refractivity contribution in [2.24, 2.45) is 11.8 Å². The van der Waals surface area contributed by atoms with Gasteiger partial charge in [0.15, 0.2) is 0 Å². The van der Waals surface area contributed by atoms with E-state index in [0.29, 0.717) is 49.5 Å². The Balaban J connectivity index is 1.74. The maximum atomic E-state index is 14.6. The average Bonchev–Trinajstić information content (AvgIpc) is 3.55. The molecule has 39 heavy (non-hydrogen) atoms. The van der Waals surface area contributed by atoms with Gasteiger partial charge in [0.1, 0.15) is 11.6 Å². The molecule has 0 radical (unpaired) electrons. The van der Waals surface area contributed by atoms with Crippen LogP contribution >= 0.6 is 11.6 Å². The Morgan fingerprint density at radius 2 is 1.90 bits per heavy atom. The Hall–Kier alpha value is -2.68. The predicted octanol–water partition coefficient (Wildman–Crippen LogP) is 3.74. The van der Waals surface area contributed by atoms with E-state index < -0.39 is 29.6 Å². The first kappa shape index (κ1) is 29.3. The molecule has 3 aliphatic rings. The molecule has 0 aliphatic carbocycles. The number of hydrogen-bond donors (Lipinski definition) is 1. The predicted molar refractivity (Wildman–Crippen MR) is 151 cm³/mol. The van der Waals surface area contributed by atoms with Gasteiger partial charge in [0.25, 0.3) is 5.91 Å². The zero-order chi connectivity index (χ0) is 28.3. The number of rotatable bonds is 13. The number of likely N-dealkylation sites (tertiary alicyclic amines) is 1. The van der Waals surface area contributed by atoms with Crippen molar-refractivity contribution < 1.29 is 24.2 Å². The second-order valence-electron chi connectivity index (χ2n) is 10.9. The highest BCUT2D eigenvalue weighted by Crippen LogP contribution is 2.59. The second kappa shape index (κ2) is 12.2. The third-order valence-electron chi connectivity index (χ3n) is 8.44. The van der Waals surface area contributed by atoms with Gasteiger partial charge in [0.05, 0.1) is 28.6 Å². The number of benzene rings is 1. The minimum Gasteiger partial charge on any atom is -0.396 e. The molecular formula is C30H40ClN3O5. The van der Waals surface area contributed by atoms with Crippen LogP contribution in [-0.4, -0.2) is 83.7 Å². The third-order valence-corrected chi connectivity index (χ3v) is 8.75. The number of likely N-dealkylation sites (N-methyl/N-ethyl adjacent to an activating group) is 1. The molecule has 212 valence electrons. The minimum atomic E-state index is -1.08. The van der Waals surface area contributed by atoms with E-state index in [4.69, 9.17) is 21.4 Å². The molecule has 1 aromatic carbocycles. The van der Waals surface area contributed by atoms with Crippen LogP contribution in [0.1, 0.15) is 44.1 Å². The van der Waals surface area contributed by atoms with Crippen LogP contribution in [0.15, 0.2) is 43.5 Å². The molecule has 1 aromatic rings. The number of ether oxygens (including phenoxy) is 1. The molecule has 8 nitrogen and oxygen atoms in total. The first-order valence-electron chi connectivity index (χ1n) is 13.9. The highest BCUT2D eigenvalue weighted by atomic mass is 35.5. The molecule has 1 N–H and O–H groups in total. The van der Waals surface area contributed by atoms with Crippen molar-refractivity contribution in [3.8, 4) is 0 Å². The van der Waals surface area contributed by atoms with Crippen molar-refractivity contribution in [3.63, 3.8) is 0 Å². The van der Waals surface area contributed by atoms with Crippen molar-refractivity contribution in [3.05, 3.63) is 54.1 Å². The fraction of sp³-hybridized carbons (Fsp3) is 0.567. The molecule has 4 rings (SSSR count). The summed E-state index contributed by atoms with van der Waals surface area (Å²) in [6, 6.07) is 4.60. The summed E-state index contributed by atoms with van der Waals surface area (Å²) >= 11 is 6.61. The van der Waals surface area contributed by atoms with Gasteiger partial charge in [-0.2, -0.15) is 0 Å². The quantitative estimate of drug-likeness (QED) is 0.295. The Bertz CT molecular complexity index is 1110. The van der Waals surface area contributed by atoms with Gasteiger partial charge in [-0.3, -0.25) is 14.4 Å². The lowest BCUT2D eigenvalue weighted by Crippen LogP contribution is -2.56. The zero-order valence-electron chi connectivity index (χ0n) is 23.0. The van der Waals surface area contributed by atoms with Crippen LogP contribution in [0.25, 0.3) is 0 Å². The van der Waals surface area contributed by atoms with Crippen LogP contribution in [0.2, 0.25) is 5.02 Å². The number of anilines is 1. The minimum absolute atomic E-state index is 0.125. The van der Waals surface area contributed by atoms with E-state index in [1.165, 1.54) is 0 Å². The SMILES string of the molecule is C=CCN(C)C(=O)[C@@H]1[C@@H]2CCC3(O2)C(C(=O)N(CC=C)c2c(C)cccc2Cl)N(CCCCCCO)C(=O)[C@H]13. The summed E-state index contributed by atoms with van der Waals surface area (Å²) in [4.78, 5) is 47.1. The van der Waals surface area contributed by atoms with Crippen LogP contribution < -0.4 is 4.90 Å². The maximum Gasteiger partial charge on any atom is 0.253 e. The first-order valence-corrected chi connectivity index (χ1v) is 14.2. The standard InChI is InChI=1S/C30H40ClN3O5/c1-5-16-32(4)27(36)23-22-14-15-30(39-22)24(23)28(37)34(18-9-7-8-10-19-35)26(30)29(38)33(17-6-2)25-20(3)12-11-13-21(25)31/h5-6,11-13,22-24,26,35H,1-2,7-10,14-19H2,3-4H3/t22-,23+,24-,26?,30?/m0/s1. The number of aliphatic hydroxyl groups excluding tert-OH is 1. The molecule has 0 saturated carbocycles. The van der Waals surface area contributed by atoms with Crippen molar-refractivity contribution in [2.75, 3.05) is 38.2 Å². The number of carbonyl (C=O) groups excluding carboxylic acids is 3. The number of halogens is 1. The Labute approximate surface area is 236 Å². The summed E-state index contributed by atoms with van der Waals surface area (Å²) in [6.07, 6.45) is 7.07. The molecule has 3 heterocycles. The number of unbranched alkanes of at least 4 members (excludes halogenated alkanes) is 3. The van der Waals surface area contributed by atoms with Gasteiger partial charge in [-0.1, -0.05) is 48.7 Å². The fourth-order valence-corrected chi connectivity index (χ4v) is 7.10. The smallest absolute Gasteiger partial charge is 0.253 e. The number of nitrogens with zero attached hydrogens (tertiary/aromatic N) is 3. The van der Waals surface area contributed by atoms with Crippen LogP contribution in [0, 0.1) is 18.8 Å². The highest BCUT2D eigenvalue weighted by molar-refractivity contribution is 6.34. The molecular weight excluding hydrogens is 518 g/mol. The van der Waals surface area contributed by atoms with Crippen molar-refractivity contribution in [2.45, 2.75) is 63.2 Å². The monoisotopic (exact) mass is 557 g/mol. The van der Waals surface area contributed by atoms with E-state index >= 15 is 0 Å². The summed E-state index contributed by atoms with van der Waals surface area (Å²) in [7, 11) is 1.70. The molecule has 3 aliphatic heterocycles. The summed E-state index contributed by atoms with van der Waals surface area (Å²) in [6.45, 7) is 10.6. The second-order valence-corrected chi connectivity index (χ2v) is 11.3. The largest absolute Gasteiger partial charge is 0.396 e. The normalized spacial score (nSPS) is 27.0. The number of hydrogen-bond acceptors (Lipinski definition) is 5. The summed E-state index contributed by atoms with van der Waals surface area (Å²) in [5.41, 5.74) is 0.348. The van der Waals surface area contributed by atoms with E-state index in [1.54, 1.807) is 40.0 Å². The molecule has 1 spiro atoms. The molecule has 2 bridgehead atoms. The molecule has 3 saturated heterocycles. The molecule has 3 fully saturated rings. The topological polar surface area (TPSA) is 90.4 Å². The van der Waals surface area contributed by atoms with Gasteiger partial charge in [-0.05, 0) is 44.2 Å². The van der Waals surface area contributed by atoms with Gasteiger partial charge in [0, 0.05) is 33.3 Å². The van der Waals surface area contributed by atoms with E-state index in [0.717, 1.165) is 18.4 Å². The van der Waals surface area contributed by atoms with E-state index in [9.17, 15) is 14.4 Å². The van der Waals surface area contributed by atoms with Crippen LogP contribution in [0.3, 0.4) is 0 Å². The number of amides is 3. The Morgan fingerprint density at radius 1 is 1.18 bits per heavy atom. The lowest BCUT2D eigenvalue weighted by Gasteiger charge is -2.37. The maximum absolute atomic E-state index is 14.6. The van der Waals surface area contributed by atoms with Crippen molar-refractivity contribution in [1.82, 2.24) is 9.80 Å². The number of para-hydroxylation sites is 1. The van der Waals surface area contributed by atoms with Gasteiger partial charge in [0.2, 0.25) is 11.8 Å². The summed E-state index contributed by atoms with van der Waals surface area (Å²) < 4.78 is 6.57. The van der Waals surface area contributed by atoms with Crippen molar-refractivity contribution in [1.29, 1.82) is 0 Å². The lowest BCUT2D eigenvalue weighted by molar-refractivity contribution is -0.144. The number of aryl methyl sites for hydroxylation is 1. The number of fused-ring (bicyclic) bond motifs is 1. The van der Waals surface area contributed by atoms with E-state index in [2.05, 4.69) is 13.2 Å². The molecule has 9 heteroatoms. The number of carbonyl (C=O) groups is 3. The molecule has 0 aromatic heterocycles. The lowest BCUT2D eigenvalue weighted by atomic mass is 9.70. The van der Waals surface area contributed by atoms with Gasteiger partial charge in [-0.15, -0.1) is 13.2 Å². The molecule has 3 amide bonds.